The first-order valence-corrected chi connectivity index (χ1v) is 11.3. The highest BCUT2D eigenvalue weighted by atomic mass is 16.5. The van der Waals surface area contributed by atoms with E-state index < -0.39 is 0 Å². The molecule has 2 aromatic carbocycles. The van der Waals surface area contributed by atoms with Crippen molar-refractivity contribution in [3.63, 3.8) is 0 Å². The second-order valence-electron chi connectivity index (χ2n) is 7.58. The Labute approximate surface area is 185 Å². The van der Waals surface area contributed by atoms with E-state index in [2.05, 4.69) is 41.9 Å². The predicted molar refractivity (Wildman–Crippen MR) is 127 cm³/mol. The van der Waals surface area contributed by atoms with Crippen molar-refractivity contribution >= 4 is 16.8 Å². The van der Waals surface area contributed by atoms with Crippen LogP contribution in [0.5, 0.6) is 11.5 Å². The summed E-state index contributed by atoms with van der Waals surface area (Å²) in [5.74, 6) is 1.48. The van der Waals surface area contributed by atoms with Crippen LogP contribution in [0.2, 0.25) is 0 Å². The third kappa shape index (κ3) is 4.87. The number of amides is 1. The van der Waals surface area contributed by atoms with E-state index in [-0.39, 0.29) is 5.91 Å². The lowest BCUT2D eigenvalue weighted by Crippen LogP contribution is -2.28. The van der Waals surface area contributed by atoms with Gasteiger partial charge in [-0.2, -0.15) is 0 Å². The van der Waals surface area contributed by atoms with Gasteiger partial charge in [-0.3, -0.25) is 4.79 Å². The van der Waals surface area contributed by atoms with Crippen LogP contribution in [0, 0.1) is 6.92 Å². The highest BCUT2D eigenvalue weighted by Crippen LogP contribution is 2.29. The van der Waals surface area contributed by atoms with E-state index >= 15 is 0 Å². The minimum absolute atomic E-state index is 0.0235. The Morgan fingerprint density at radius 2 is 1.65 bits per heavy atom. The van der Waals surface area contributed by atoms with Gasteiger partial charge in [0, 0.05) is 24.0 Å². The van der Waals surface area contributed by atoms with Gasteiger partial charge in [0.15, 0.2) is 11.5 Å². The van der Waals surface area contributed by atoms with E-state index in [0.29, 0.717) is 19.8 Å². The second kappa shape index (κ2) is 10.4. The maximum Gasteiger partial charge on any atom is 0.268 e. The van der Waals surface area contributed by atoms with Gasteiger partial charge in [-0.1, -0.05) is 19.1 Å². The summed E-state index contributed by atoms with van der Waals surface area (Å²) in [5, 5.41) is 4.28. The fourth-order valence-corrected chi connectivity index (χ4v) is 4.07. The molecule has 0 spiro atoms. The van der Waals surface area contributed by atoms with Gasteiger partial charge in [0.2, 0.25) is 0 Å². The molecular formula is C26H34N2O3. The molecule has 5 heteroatoms. The summed E-state index contributed by atoms with van der Waals surface area (Å²) in [4.78, 5) is 13.1. The molecule has 0 aliphatic rings. The largest absolute Gasteiger partial charge is 0.490 e. The number of hydrogen-bond donors (Lipinski definition) is 1. The number of aryl methyl sites for hydroxylation is 3. The molecule has 5 nitrogen and oxygen atoms in total. The summed E-state index contributed by atoms with van der Waals surface area (Å²) in [7, 11) is 0. The molecule has 166 valence electrons. The maximum atomic E-state index is 13.1. The van der Waals surface area contributed by atoms with Crippen LogP contribution in [0.15, 0.2) is 36.4 Å². The van der Waals surface area contributed by atoms with Crippen molar-refractivity contribution in [1.82, 2.24) is 9.88 Å². The highest BCUT2D eigenvalue weighted by Gasteiger charge is 2.19. The molecule has 0 fully saturated rings. The molecule has 0 atom stereocenters. The van der Waals surface area contributed by atoms with Gasteiger partial charge in [-0.15, -0.1) is 0 Å². The summed E-state index contributed by atoms with van der Waals surface area (Å²) < 4.78 is 13.5. The third-order valence-corrected chi connectivity index (χ3v) is 5.63. The zero-order chi connectivity index (χ0) is 22.4. The van der Waals surface area contributed by atoms with E-state index in [9.17, 15) is 4.79 Å². The van der Waals surface area contributed by atoms with E-state index in [1.807, 2.05) is 39.0 Å². The summed E-state index contributed by atoms with van der Waals surface area (Å²) in [6.45, 7) is 12.7. The predicted octanol–water partition coefficient (Wildman–Crippen LogP) is 5.30. The normalized spacial score (nSPS) is 11.0. The number of ether oxygens (including phenoxy) is 2. The first-order chi connectivity index (χ1) is 15.0. The van der Waals surface area contributed by atoms with Gasteiger partial charge < -0.3 is 19.4 Å². The van der Waals surface area contributed by atoms with Gasteiger partial charge in [-0.25, -0.2) is 0 Å². The molecule has 0 unspecified atom stereocenters. The minimum atomic E-state index is -0.0235. The van der Waals surface area contributed by atoms with Crippen molar-refractivity contribution in [3.8, 4) is 11.5 Å². The summed E-state index contributed by atoms with van der Waals surface area (Å²) in [6, 6.07) is 12.5. The van der Waals surface area contributed by atoms with Crippen LogP contribution < -0.4 is 14.8 Å². The minimum Gasteiger partial charge on any atom is -0.490 e. The Bertz CT molecular complexity index is 1050. The Hall–Kier alpha value is -2.95. The van der Waals surface area contributed by atoms with Crippen molar-refractivity contribution in [2.24, 2.45) is 0 Å². The van der Waals surface area contributed by atoms with Gasteiger partial charge in [0.1, 0.15) is 5.69 Å². The van der Waals surface area contributed by atoms with Crippen LogP contribution in [0.3, 0.4) is 0 Å². The van der Waals surface area contributed by atoms with Gasteiger partial charge in [0.05, 0.1) is 13.2 Å². The molecule has 0 aliphatic heterocycles. The van der Waals surface area contributed by atoms with Crippen molar-refractivity contribution in [2.45, 2.75) is 54.0 Å². The van der Waals surface area contributed by atoms with Gasteiger partial charge >= 0.3 is 0 Å². The van der Waals surface area contributed by atoms with Crippen molar-refractivity contribution in [2.75, 3.05) is 19.8 Å². The Balaban J connectivity index is 1.75. The van der Waals surface area contributed by atoms with E-state index in [4.69, 9.17) is 9.47 Å². The van der Waals surface area contributed by atoms with Crippen molar-refractivity contribution in [3.05, 3.63) is 58.8 Å². The molecule has 0 bridgehead atoms. The molecule has 1 heterocycles. The lowest BCUT2D eigenvalue weighted by atomic mass is 10.1. The zero-order valence-electron chi connectivity index (χ0n) is 19.4. The highest BCUT2D eigenvalue weighted by molar-refractivity contribution is 6.01. The number of benzene rings is 2. The zero-order valence-corrected chi connectivity index (χ0v) is 19.4. The fourth-order valence-electron chi connectivity index (χ4n) is 4.07. The molecule has 1 N–H and O–H groups in total. The Morgan fingerprint density at radius 3 is 2.32 bits per heavy atom. The van der Waals surface area contributed by atoms with Gasteiger partial charge in [0.25, 0.3) is 5.91 Å². The van der Waals surface area contributed by atoms with E-state index in [0.717, 1.165) is 53.2 Å². The summed E-state index contributed by atoms with van der Waals surface area (Å²) >= 11 is 0. The quantitative estimate of drug-likeness (QED) is 0.482. The van der Waals surface area contributed by atoms with Crippen LogP contribution in [-0.4, -0.2) is 30.2 Å². The van der Waals surface area contributed by atoms with Crippen LogP contribution >= 0.6 is 0 Å². The lowest BCUT2D eigenvalue weighted by Gasteiger charge is -2.13. The third-order valence-electron chi connectivity index (χ3n) is 5.63. The molecular weight excluding hydrogens is 388 g/mol. The summed E-state index contributed by atoms with van der Waals surface area (Å²) in [5.41, 5.74) is 5.32. The topological polar surface area (TPSA) is 52.5 Å². The number of nitrogens with zero attached hydrogens (tertiary/aromatic N) is 1. The SMILES string of the molecule is CCOc1ccc(CCNC(=O)c2c(C)c3cc(CC)ccc3n2CC)cc1OCC. The first-order valence-electron chi connectivity index (χ1n) is 11.3. The monoisotopic (exact) mass is 422 g/mol. The fraction of sp³-hybridized carbons (Fsp3) is 0.423. The van der Waals surface area contributed by atoms with Crippen LogP contribution in [0.4, 0.5) is 0 Å². The number of hydrogen-bond acceptors (Lipinski definition) is 3. The van der Waals surface area contributed by atoms with Crippen LogP contribution in [0.1, 0.15) is 54.9 Å². The molecule has 3 rings (SSSR count). The van der Waals surface area contributed by atoms with Crippen LogP contribution in [-0.2, 0) is 19.4 Å². The molecule has 1 amide bonds. The average Bonchev–Trinajstić information content (AvgIpc) is 3.06. The molecule has 0 saturated heterocycles. The first kappa shape index (κ1) is 22.7. The van der Waals surface area contributed by atoms with E-state index in [1.54, 1.807) is 0 Å². The Morgan fingerprint density at radius 1 is 0.935 bits per heavy atom. The number of nitrogens with one attached hydrogen (secondary N) is 1. The molecule has 0 saturated carbocycles. The number of fused-ring (bicyclic) bond motifs is 1. The molecule has 3 aromatic rings. The molecule has 31 heavy (non-hydrogen) atoms. The number of rotatable bonds is 10. The second-order valence-corrected chi connectivity index (χ2v) is 7.58. The molecule has 0 radical (unpaired) electrons. The standard InChI is InChI=1S/C26H34N2O3/c1-6-19-10-12-22-21(16-19)18(5)25(28(22)7-2)26(29)27-15-14-20-11-13-23(30-8-3)24(17-20)31-9-4/h10-13,16-17H,6-9,14-15H2,1-5H3,(H,27,29). The number of carbonyl (C=O) groups is 1. The van der Waals surface area contributed by atoms with Crippen LogP contribution in [0.25, 0.3) is 10.9 Å². The van der Waals surface area contributed by atoms with Crippen molar-refractivity contribution in [1.29, 1.82) is 0 Å². The number of aromatic nitrogens is 1. The molecule has 1 aromatic heterocycles. The molecule has 0 aliphatic carbocycles. The maximum absolute atomic E-state index is 13.1. The lowest BCUT2D eigenvalue weighted by molar-refractivity contribution is 0.0945. The summed E-state index contributed by atoms with van der Waals surface area (Å²) in [6.07, 6.45) is 1.71. The van der Waals surface area contributed by atoms with Crippen molar-refractivity contribution < 1.29 is 14.3 Å². The number of carbonyl (C=O) groups excluding carboxylic acids is 1. The smallest absolute Gasteiger partial charge is 0.268 e. The average molecular weight is 423 g/mol. The van der Waals surface area contributed by atoms with Gasteiger partial charge in [-0.05, 0) is 81.5 Å². The van der Waals surface area contributed by atoms with E-state index in [1.165, 1.54) is 10.9 Å². The Kier molecular flexibility index (Phi) is 7.61.